The molecule has 0 saturated carbocycles. The summed E-state index contributed by atoms with van der Waals surface area (Å²) in [5, 5.41) is 0. The Labute approximate surface area is 205 Å². The van der Waals surface area contributed by atoms with Crippen molar-refractivity contribution in [2.75, 3.05) is 0 Å². The molecule has 5 nitrogen and oxygen atoms in total. The van der Waals surface area contributed by atoms with Crippen LogP contribution in [0.2, 0.25) is 0 Å². The molecule has 0 aliphatic carbocycles. The summed E-state index contributed by atoms with van der Waals surface area (Å²) in [5.74, 6) is 1.72. The van der Waals surface area contributed by atoms with Gasteiger partial charge in [0.1, 0.15) is 0 Å². The molecular weight excluding hydrogens is 464 g/mol. The Morgan fingerprint density at radius 2 is 0.657 bits per heavy atom. The van der Waals surface area contributed by atoms with Gasteiger partial charge in [-0.1, -0.05) is 91.0 Å². The first kappa shape index (κ1) is 24.3. The van der Waals surface area contributed by atoms with E-state index < -0.39 is 10.2 Å². The number of halogens is 1. The van der Waals surface area contributed by atoms with Crippen molar-refractivity contribution in [2.24, 2.45) is 0 Å². The van der Waals surface area contributed by atoms with Gasteiger partial charge in [0.05, 0.1) is 23.3 Å². The molecule has 35 heavy (non-hydrogen) atoms. The van der Waals surface area contributed by atoms with Crippen molar-refractivity contribution in [1.29, 1.82) is 0 Å². The van der Waals surface area contributed by atoms with E-state index in [0.29, 0.717) is 0 Å². The molecule has 5 rings (SSSR count). The lowest BCUT2D eigenvalue weighted by molar-refractivity contribution is -2.00. The topological polar surface area (TPSA) is 104 Å². The molecule has 0 radical (unpaired) electrons. The minimum absolute atomic E-state index is 0.856. The van der Waals surface area contributed by atoms with Crippen molar-refractivity contribution in [3.8, 4) is 44.9 Å². The van der Waals surface area contributed by atoms with Gasteiger partial charge in [-0.25, -0.2) is 23.1 Å². The lowest BCUT2D eigenvalue weighted by Crippen LogP contribution is -2.68. The van der Waals surface area contributed by atoms with E-state index in [4.69, 9.17) is 23.1 Å². The number of hydrogen-bond acceptors (Lipinski definition) is 4. The van der Waals surface area contributed by atoms with E-state index in [9.17, 15) is 0 Å². The van der Waals surface area contributed by atoms with Gasteiger partial charge in [0.2, 0.25) is 0 Å². The first-order valence-electron chi connectivity index (χ1n) is 10.7. The second-order valence-electron chi connectivity index (χ2n) is 7.63. The van der Waals surface area contributed by atoms with Crippen LogP contribution in [0.3, 0.4) is 0 Å². The van der Waals surface area contributed by atoms with E-state index in [-0.39, 0.29) is 0 Å². The van der Waals surface area contributed by atoms with Crippen LogP contribution in [0.1, 0.15) is 0 Å². The molecule has 1 heterocycles. The summed E-state index contributed by atoms with van der Waals surface area (Å²) in [5.41, 5.74) is 6.85. The zero-order chi connectivity index (χ0) is 24.7. The highest BCUT2D eigenvalue weighted by atomic mass is 35.7. The molecule has 0 atom stereocenters. The molecule has 0 aliphatic heterocycles. The minimum atomic E-state index is -4.94. The van der Waals surface area contributed by atoms with Gasteiger partial charge in [-0.2, -0.15) is 0 Å². The fourth-order valence-corrected chi connectivity index (χ4v) is 3.64. The Morgan fingerprint density at radius 1 is 0.371 bits per heavy atom. The summed E-state index contributed by atoms with van der Waals surface area (Å²) in [6.07, 6.45) is 0. The molecule has 4 aromatic carbocycles. The van der Waals surface area contributed by atoms with Gasteiger partial charge in [0.25, 0.3) is 0 Å². The molecular formula is C29H21ClO5. The normalized spacial score (nSPS) is 10.9. The first-order valence-corrected chi connectivity index (χ1v) is 12.0. The maximum Gasteiger partial charge on any atom is 0.361 e. The average Bonchev–Trinajstić information content (AvgIpc) is 2.89. The molecule has 0 amide bonds. The van der Waals surface area contributed by atoms with Crippen molar-refractivity contribution >= 4 is 0 Å². The zero-order valence-electron chi connectivity index (χ0n) is 18.5. The highest BCUT2D eigenvalue weighted by molar-refractivity contribution is 5.75. The fraction of sp³-hybridized carbons (Fsp3) is 0. The third-order valence-corrected chi connectivity index (χ3v) is 5.24. The highest BCUT2D eigenvalue weighted by Gasteiger charge is 2.20. The van der Waals surface area contributed by atoms with Crippen LogP contribution in [0.4, 0.5) is 0 Å². The summed E-state index contributed by atoms with van der Waals surface area (Å²) < 4.78 is 40.3. The van der Waals surface area contributed by atoms with Crippen molar-refractivity contribution in [2.45, 2.75) is 0 Å². The molecule has 1 aromatic heterocycles. The SMILES string of the molecule is [O-][Cl+3]([O-])([O-])[O-].c1ccc(-c2ccc(-c3cc(-c4ccccc4)cc(-c4ccccc4)[o+]3)cc2)cc1. The summed E-state index contributed by atoms with van der Waals surface area (Å²) in [7, 11) is -4.94. The predicted octanol–water partition coefficient (Wildman–Crippen LogP) is 3.47. The second kappa shape index (κ2) is 11.1. The van der Waals surface area contributed by atoms with Crippen molar-refractivity contribution in [3.63, 3.8) is 0 Å². The van der Waals surface area contributed by atoms with Gasteiger partial charge < -0.3 is 0 Å². The maximum atomic E-state index is 8.49. The molecule has 6 heteroatoms. The summed E-state index contributed by atoms with van der Waals surface area (Å²) in [4.78, 5) is 0. The average molecular weight is 485 g/mol. The molecule has 0 aliphatic rings. The van der Waals surface area contributed by atoms with Gasteiger partial charge in [-0.05, 0) is 41.0 Å². The second-order valence-corrected chi connectivity index (χ2v) is 8.38. The van der Waals surface area contributed by atoms with Gasteiger partial charge in [-0.3, -0.25) is 0 Å². The largest absolute Gasteiger partial charge is 0.361 e. The van der Waals surface area contributed by atoms with Crippen LogP contribution >= 0.6 is 0 Å². The third-order valence-electron chi connectivity index (χ3n) is 5.24. The van der Waals surface area contributed by atoms with Gasteiger partial charge in [-0.15, -0.1) is 10.2 Å². The molecule has 174 valence electrons. The van der Waals surface area contributed by atoms with E-state index in [0.717, 1.165) is 28.2 Å². The molecule has 0 bridgehead atoms. The standard InChI is InChI=1S/C29H21O.ClHO4/c1-4-10-22(11-5-1)24-16-18-26(19-17-24)29-21-27(23-12-6-2-7-13-23)20-28(30-29)25-14-8-3-9-15-25;2-1(3,4)5/h1-21H;(H,2,3,4,5)/q+1;/p-1. The Kier molecular flexibility index (Phi) is 7.67. The fourth-order valence-electron chi connectivity index (χ4n) is 3.64. The molecule has 0 unspecified atom stereocenters. The lowest BCUT2D eigenvalue weighted by atomic mass is 10.00. The van der Waals surface area contributed by atoms with Crippen LogP contribution in [0.25, 0.3) is 44.9 Å². The summed E-state index contributed by atoms with van der Waals surface area (Å²) in [6, 6.07) is 43.9. The Balaban J connectivity index is 0.000000527. The van der Waals surface area contributed by atoms with Crippen LogP contribution in [-0.4, -0.2) is 0 Å². The molecule has 0 saturated heterocycles. The van der Waals surface area contributed by atoms with E-state index >= 15 is 0 Å². The van der Waals surface area contributed by atoms with Crippen molar-refractivity contribution < 1.29 is 33.3 Å². The number of benzene rings is 4. The van der Waals surface area contributed by atoms with E-state index in [1.807, 2.05) is 30.3 Å². The highest BCUT2D eigenvalue weighted by Crippen LogP contribution is 2.33. The molecule has 0 fully saturated rings. The van der Waals surface area contributed by atoms with E-state index in [2.05, 4.69) is 97.1 Å². The number of hydrogen-bond donors (Lipinski definition) is 0. The molecule has 5 aromatic rings. The van der Waals surface area contributed by atoms with Crippen LogP contribution < -0.4 is 18.6 Å². The van der Waals surface area contributed by atoms with Crippen LogP contribution in [-0.2, 0) is 0 Å². The maximum absolute atomic E-state index is 8.49. The van der Waals surface area contributed by atoms with Gasteiger partial charge >= 0.3 is 11.5 Å². The summed E-state index contributed by atoms with van der Waals surface area (Å²) >= 11 is 0. The van der Waals surface area contributed by atoms with Crippen LogP contribution in [0.5, 0.6) is 0 Å². The number of rotatable bonds is 4. The Morgan fingerprint density at radius 3 is 1.09 bits per heavy atom. The van der Waals surface area contributed by atoms with Crippen molar-refractivity contribution in [3.05, 3.63) is 127 Å². The quantitative estimate of drug-likeness (QED) is 0.363. The Bertz CT molecular complexity index is 1290. The molecule has 0 N–H and O–H groups in total. The van der Waals surface area contributed by atoms with Crippen molar-refractivity contribution in [1.82, 2.24) is 0 Å². The zero-order valence-corrected chi connectivity index (χ0v) is 19.3. The third kappa shape index (κ3) is 7.07. The lowest BCUT2D eigenvalue weighted by Gasteiger charge is -2.17. The smallest absolute Gasteiger partial charge is 0.222 e. The monoisotopic (exact) mass is 484 g/mol. The van der Waals surface area contributed by atoms with E-state index in [1.54, 1.807) is 0 Å². The Hall–Kier alpha value is -3.84. The molecule has 0 spiro atoms. The first-order chi connectivity index (χ1) is 16.9. The van der Waals surface area contributed by atoms with Crippen LogP contribution in [0, 0.1) is 10.2 Å². The van der Waals surface area contributed by atoms with Gasteiger partial charge in [0, 0.05) is 5.56 Å². The van der Waals surface area contributed by atoms with E-state index in [1.165, 1.54) is 16.7 Å². The van der Waals surface area contributed by atoms with Gasteiger partial charge in [0.15, 0.2) is 0 Å². The minimum Gasteiger partial charge on any atom is -0.222 e. The summed E-state index contributed by atoms with van der Waals surface area (Å²) in [6.45, 7) is 0. The van der Waals surface area contributed by atoms with Crippen LogP contribution in [0.15, 0.2) is 132 Å². The predicted molar refractivity (Wildman–Crippen MR) is 125 cm³/mol.